The fraction of sp³-hybridized carbons (Fsp3) is 0.294. The van der Waals surface area contributed by atoms with Gasteiger partial charge in [0.15, 0.2) is 0 Å². The van der Waals surface area contributed by atoms with Crippen LogP contribution in [0.1, 0.15) is 28.8 Å². The molecule has 1 aliphatic heterocycles. The van der Waals surface area contributed by atoms with Gasteiger partial charge in [0.05, 0.1) is 0 Å². The highest BCUT2D eigenvalue weighted by Crippen LogP contribution is 2.21. The fourth-order valence-electron chi connectivity index (χ4n) is 2.60. The van der Waals surface area contributed by atoms with Crippen molar-refractivity contribution in [2.75, 3.05) is 23.3 Å². The summed E-state index contributed by atoms with van der Waals surface area (Å²) in [7, 11) is 0. The maximum Gasteiger partial charge on any atom is 0.255 e. The summed E-state index contributed by atoms with van der Waals surface area (Å²) >= 11 is 0. The Balaban J connectivity index is 1.75. The largest absolute Gasteiger partial charge is 0.357 e. The first kappa shape index (κ1) is 13.6. The second-order valence-electron chi connectivity index (χ2n) is 5.42. The van der Waals surface area contributed by atoms with Gasteiger partial charge >= 0.3 is 0 Å². The molecule has 1 saturated heterocycles. The van der Waals surface area contributed by atoms with Crippen LogP contribution in [0.4, 0.5) is 11.5 Å². The van der Waals surface area contributed by atoms with Crippen LogP contribution < -0.4 is 10.2 Å². The maximum absolute atomic E-state index is 12.3. The van der Waals surface area contributed by atoms with Gasteiger partial charge in [-0.2, -0.15) is 0 Å². The van der Waals surface area contributed by atoms with E-state index in [0.717, 1.165) is 30.2 Å². The molecular weight excluding hydrogens is 262 g/mol. The predicted octanol–water partition coefficient (Wildman–Crippen LogP) is 3.24. The van der Waals surface area contributed by atoms with Crippen LogP contribution in [0.2, 0.25) is 0 Å². The number of rotatable bonds is 3. The van der Waals surface area contributed by atoms with Crippen LogP contribution in [0.3, 0.4) is 0 Å². The number of aromatic nitrogens is 1. The molecule has 0 aliphatic carbocycles. The number of pyridine rings is 1. The Morgan fingerprint density at radius 3 is 2.76 bits per heavy atom. The molecule has 2 aromatic rings. The number of aryl methyl sites for hydroxylation is 1. The van der Waals surface area contributed by atoms with Gasteiger partial charge in [0.2, 0.25) is 0 Å². The van der Waals surface area contributed by atoms with Crippen molar-refractivity contribution >= 4 is 17.4 Å². The minimum Gasteiger partial charge on any atom is -0.357 e. The summed E-state index contributed by atoms with van der Waals surface area (Å²) < 4.78 is 0. The van der Waals surface area contributed by atoms with Crippen molar-refractivity contribution in [3.05, 3.63) is 53.7 Å². The molecule has 0 unspecified atom stereocenters. The van der Waals surface area contributed by atoms with Crippen LogP contribution in [-0.2, 0) is 0 Å². The lowest BCUT2D eigenvalue weighted by atomic mass is 10.1. The van der Waals surface area contributed by atoms with Crippen molar-refractivity contribution in [1.82, 2.24) is 4.98 Å². The van der Waals surface area contributed by atoms with Gasteiger partial charge in [-0.25, -0.2) is 4.98 Å². The maximum atomic E-state index is 12.3. The van der Waals surface area contributed by atoms with Crippen LogP contribution in [0.5, 0.6) is 0 Å². The highest BCUT2D eigenvalue weighted by atomic mass is 16.1. The summed E-state index contributed by atoms with van der Waals surface area (Å²) in [6, 6.07) is 11.4. The smallest absolute Gasteiger partial charge is 0.255 e. The average Bonchev–Trinajstić information content (AvgIpc) is 3.02. The van der Waals surface area contributed by atoms with Gasteiger partial charge in [0.1, 0.15) is 5.82 Å². The van der Waals surface area contributed by atoms with Crippen molar-refractivity contribution in [2.45, 2.75) is 19.8 Å². The topological polar surface area (TPSA) is 45.2 Å². The third-order valence-corrected chi connectivity index (χ3v) is 3.71. The minimum atomic E-state index is -0.0859. The zero-order valence-corrected chi connectivity index (χ0v) is 12.2. The number of nitrogens with zero attached hydrogens (tertiary/aromatic N) is 2. The Hall–Kier alpha value is -2.36. The molecule has 4 nitrogen and oxygen atoms in total. The van der Waals surface area contributed by atoms with E-state index in [9.17, 15) is 4.79 Å². The van der Waals surface area contributed by atoms with Gasteiger partial charge in [-0.1, -0.05) is 17.7 Å². The number of benzene rings is 1. The molecule has 0 saturated carbocycles. The molecule has 2 heterocycles. The molecule has 1 aliphatic rings. The molecule has 3 rings (SSSR count). The van der Waals surface area contributed by atoms with Gasteiger partial charge in [0, 0.05) is 36.6 Å². The lowest BCUT2D eigenvalue weighted by molar-refractivity contribution is 0.102. The average molecular weight is 281 g/mol. The number of hydrogen-bond donors (Lipinski definition) is 1. The molecule has 1 aromatic carbocycles. The van der Waals surface area contributed by atoms with Crippen LogP contribution >= 0.6 is 0 Å². The summed E-state index contributed by atoms with van der Waals surface area (Å²) in [5.74, 6) is 0.854. The van der Waals surface area contributed by atoms with E-state index in [0.29, 0.717) is 5.56 Å². The first-order chi connectivity index (χ1) is 10.2. The number of amides is 1. The zero-order chi connectivity index (χ0) is 14.7. The Labute approximate surface area is 124 Å². The number of nitrogens with one attached hydrogen (secondary N) is 1. The lowest BCUT2D eigenvalue weighted by Gasteiger charge is -2.17. The molecule has 4 heteroatoms. The highest BCUT2D eigenvalue weighted by Gasteiger charge is 2.14. The molecule has 1 aromatic heterocycles. The van der Waals surface area contributed by atoms with E-state index in [1.165, 1.54) is 12.8 Å². The monoisotopic (exact) mass is 281 g/mol. The molecule has 1 amide bonds. The van der Waals surface area contributed by atoms with Crippen molar-refractivity contribution in [3.63, 3.8) is 0 Å². The Kier molecular flexibility index (Phi) is 3.86. The number of carbonyl (C=O) groups is 1. The van der Waals surface area contributed by atoms with E-state index in [1.807, 2.05) is 43.3 Å². The summed E-state index contributed by atoms with van der Waals surface area (Å²) in [4.78, 5) is 18.9. The number of carbonyl (C=O) groups excluding carboxylic acids is 1. The molecule has 0 bridgehead atoms. The van der Waals surface area contributed by atoms with Gasteiger partial charge < -0.3 is 10.2 Å². The fourth-order valence-corrected chi connectivity index (χ4v) is 2.60. The lowest BCUT2D eigenvalue weighted by Crippen LogP contribution is -2.19. The molecule has 21 heavy (non-hydrogen) atoms. The Morgan fingerprint density at radius 2 is 2.00 bits per heavy atom. The quantitative estimate of drug-likeness (QED) is 0.939. The third-order valence-electron chi connectivity index (χ3n) is 3.71. The molecular formula is C17H19N3O. The van der Waals surface area contributed by atoms with Gasteiger partial charge in [0.25, 0.3) is 5.91 Å². The number of anilines is 2. The van der Waals surface area contributed by atoms with Crippen LogP contribution in [0, 0.1) is 6.92 Å². The second kappa shape index (κ2) is 5.95. The normalized spacial score (nSPS) is 14.2. The Bertz CT molecular complexity index is 648. The molecule has 1 N–H and O–H groups in total. The second-order valence-corrected chi connectivity index (χ2v) is 5.42. The van der Waals surface area contributed by atoms with E-state index in [2.05, 4.69) is 15.2 Å². The highest BCUT2D eigenvalue weighted by molar-refractivity contribution is 6.04. The van der Waals surface area contributed by atoms with Crippen molar-refractivity contribution in [3.8, 4) is 0 Å². The van der Waals surface area contributed by atoms with E-state index in [1.54, 1.807) is 6.20 Å². The third kappa shape index (κ3) is 3.21. The summed E-state index contributed by atoms with van der Waals surface area (Å²) in [5, 5.41) is 2.94. The molecule has 0 spiro atoms. The van der Waals surface area contributed by atoms with Crippen LogP contribution in [0.25, 0.3) is 0 Å². The Morgan fingerprint density at radius 1 is 1.19 bits per heavy atom. The van der Waals surface area contributed by atoms with E-state index in [-0.39, 0.29) is 5.91 Å². The van der Waals surface area contributed by atoms with Gasteiger partial charge in [-0.15, -0.1) is 0 Å². The summed E-state index contributed by atoms with van der Waals surface area (Å²) in [6.07, 6.45) is 4.17. The minimum absolute atomic E-state index is 0.0859. The molecule has 0 radical (unpaired) electrons. The molecule has 108 valence electrons. The van der Waals surface area contributed by atoms with Gasteiger partial charge in [-0.3, -0.25) is 4.79 Å². The van der Waals surface area contributed by atoms with Crippen molar-refractivity contribution in [2.24, 2.45) is 0 Å². The molecule has 0 atom stereocenters. The van der Waals surface area contributed by atoms with Crippen LogP contribution in [-0.4, -0.2) is 24.0 Å². The predicted molar refractivity (Wildman–Crippen MR) is 84.8 cm³/mol. The van der Waals surface area contributed by atoms with Crippen molar-refractivity contribution < 1.29 is 4.79 Å². The summed E-state index contributed by atoms with van der Waals surface area (Å²) in [5.41, 5.74) is 2.54. The van der Waals surface area contributed by atoms with E-state index >= 15 is 0 Å². The standard InChI is InChI=1S/C17H19N3O/c1-13-5-4-6-14(11-13)17(21)19-15-7-8-18-16(12-15)20-9-2-3-10-20/h4-8,11-12H,2-3,9-10H2,1H3,(H,18,19,21). The first-order valence-corrected chi connectivity index (χ1v) is 7.31. The van der Waals surface area contributed by atoms with Crippen molar-refractivity contribution in [1.29, 1.82) is 0 Å². The van der Waals surface area contributed by atoms with Crippen LogP contribution in [0.15, 0.2) is 42.6 Å². The summed E-state index contributed by atoms with van der Waals surface area (Å²) in [6.45, 7) is 4.07. The molecule has 1 fully saturated rings. The van der Waals surface area contributed by atoms with Gasteiger partial charge in [-0.05, 0) is 38.0 Å². The SMILES string of the molecule is Cc1cccc(C(=O)Nc2ccnc(N3CCCC3)c2)c1. The first-order valence-electron chi connectivity index (χ1n) is 7.31. The zero-order valence-electron chi connectivity index (χ0n) is 12.2. The van der Waals surface area contributed by atoms with E-state index in [4.69, 9.17) is 0 Å². The van der Waals surface area contributed by atoms with E-state index < -0.39 is 0 Å². The number of hydrogen-bond acceptors (Lipinski definition) is 3.